The van der Waals surface area contributed by atoms with Gasteiger partial charge in [-0.25, -0.2) is 5.01 Å². The average molecular weight is 345 g/mol. The van der Waals surface area contributed by atoms with E-state index in [4.69, 9.17) is 12.2 Å². The normalized spacial score (nSPS) is 10.6. The Kier molecular flexibility index (Phi) is 5.54. The molecule has 3 rings (SSSR count). The maximum Gasteiger partial charge on any atom is 0.198 e. The van der Waals surface area contributed by atoms with Gasteiger partial charge >= 0.3 is 0 Å². The van der Waals surface area contributed by atoms with Gasteiger partial charge in [0.15, 0.2) is 5.11 Å². The van der Waals surface area contributed by atoms with Crippen molar-refractivity contribution in [2.75, 3.05) is 10.3 Å². The van der Waals surface area contributed by atoms with Gasteiger partial charge in [0.05, 0.1) is 11.9 Å². The highest BCUT2D eigenvalue weighted by atomic mass is 32.1. The maximum absolute atomic E-state index is 5.60. The highest BCUT2D eigenvalue weighted by Crippen LogP contribution is 2.18. The summed E-state index contributed by atoms with van der Waals surface area (Å²) in [5.41, 5.74) is 4.02. The van der Waals surface area contributed by atoms with Gasteiger partial charge in [0.25, 0.3) is 0 Å². The Morgan fingerprint density at radius 3 is 2.28 bits per heavy atom. The molecule has 124 valence electrons. The summed E-state index contributed by atoms with van der Waals surface area (Å²) in [5, 5.41) is 10.1. The van der Waals surface area contributed by atoms with E-state index >= 15 is 0 Å². The van der Waals surface area contributed by atoms with Gasteiger partial charge in [-0.2, -0.15) is 5.10 Å². The van der Waals surface area contributed by atoms with Gasteiger partial charge in [0, 0.05) is 5.69 Å². The van der Waals surface area contributed by atoms with Crippen LogP contribution >= 0.6 is 12.2 Å². The zero-order valence-electron chi connectivity index (χ0n) is 14.0. The van der Waals surface area contributed by atoms with E-state index in [9.17, 15) is 0 Å². The van der Waals surface area contributed by atoms with Gasteiger partial charge in [-0.05, 0) is 54.5 Å². The number of nitrogens with one attached hydrogen (secondary N) is 1. The van der Waals surface area contributed by atoms with E-state index in [0.29, 0.717) is 5.11 Å². The minimum atomic E-state index is 0.518. The largest absolute Gasteiger partial charge is 0.331 e. The van der Waals surface area contributed by atoms with E-state index in [1.165, 1.54) is 0 Å². The molecule has 4 heteroatoms. The lowest BCUT2D eigenvalue weighted by Crippen LogP contribution is -2.30. The second-order valence-corrected chi connectivity index (χ2v) is 5.99. The number of benzene rings is 3. The lowest BCUT2D eigenvalue weighted by molar-refractivity contribution is 1.14. The van der Waals surface area contributed by atoms with Crippen molar-refractivity contribution in [2.45, 2.75) is 6.92 Å². The van der Waals surface area contributed by atoms with Crippen molar-refractivity contribution >= 4 is 34.9 Å². The van der Waals surface area contributed by atoms with E-state index in [1.807, 2.05) is 72.8 Å². The van der Waals surface area contributed by atoms with E-state index < -0.39 is 0 Å². The van der Waals surface area contributed by atoms with Crippen LogP contribution in [0.25, 0.3) is 0 Å². The van der Waals surface area contributed by atoms with Crippen LogP contribution in [0.1, 0.15) is 11.1 Å². The predicted octanol–water partition coefficient (Wildman–Crippen LogP) is 5.23. The van der Waals surface area contributed by atoms with Gasteiger partial charge in [-0.1, -0.05) is 60.7 Å². The monoisotopic (exact) mass is 345 g/mol. The van der Waals surface area contributed by atoms with Crippen molar-refractivity contribution in [3.8, 4) is 0 Å². The Morgan fingerprint density at radius 1 is 0.920 bits per heavy atom. The molecule has 3 nitrogen and oxygen atoms in total. The van der Waals surface area contributed by atoms with Crippen molar-refractivity contribution in [1.82, 2.24) is 0 Å². The minimum Gasteiger partial charge on any atom is -0.331 e. The summed E-state index contributed by atoms with van der Waals surface area (Å²) in [7, 11) is 0. The zero-order chi connectivity index (χ0) is 17.5. The third-order valence-corrected chi connectivity index (χ3v) is 3.86. The Hall–Kier alpha value is -2.98. The number of aryl methyl sites for hydroxylation is 1. The SMILES string of the molecule is Cc1cccc(N(/N=C/c2ccccc2)C(=S)Nc2ccccc2)c1. The fourth-order valence-corrected chi connectivity index (χ4v) is 2.63. The van der Waals surface area contributed by atoms with Crippen LogP contribution in [0.4, 0.5) is 11.4 Å². The number of nitrogens with zero attached hydrogens (tertiary/aromatic N) is 2. The molecular weight excluding hydrogens is 326 g/mol. The zero-order valence-corrected chi connectivity index (χ0v) is 14.8. The van der Waals surface area contributed by atoms with Gasteiger partial charge < -0.3 is 5.32 Å². The van der Waals surface area contributed by atoms with Crippen LogP contribution < -0.4 is 10.3 Å². The van der Waals surface area contributed by atoms with Crippen LogP contribution in [-0.2, 0) is 0 Å². The summed E-state index contributed by atoms with van der Waals surface area (Å²) < 4.78 is 0. The molecule has 0 atom stereocenters. The van der Waals surface area contributed by atoms with Crippen LogP contribution in [0.5, 0.6) is 0 Å². The van der Waals surface area contributed by atoms with Crippen molar-refractivity contribution in [3.63, 3.8) is 0 Å². The third kappa shape index (κ3) is 4.75. The van der Waals surface area contributed by atoms with Crippen LogP contribution in [0.3, 0.4) is 0 Å². The first-order chi connectivity index (χ1) is 12.2. The first-order valence-electron chi connectivity index (χ1n) is 8.04. The summed E-state index contributed by atoms with van der Waals surface area (Å²) in [4.78, 5) is 0. The fraction of sp³-hybridized carbons (Fsp3) is 0.0476. The molecule has 0 spiro atoms. The highest BCUT2D eigenvalue weighted by molar-refractivity contribution is 7.80. The molecule has 0 aliphatic rings. The number of anilines is 2. The number of hydrazone groups is 1. The topological polar surface area (TPSA) is 27.6 Å². The standard InChI is InChI=1S/C21H19N3S/c1-17-9-8-14-20(15-17)24(22-16-18-10-4-2-5-11-18)21(25)23-19-12-6-3-7-13-19/h2-16H,1H3,(H,23,25)/b22-16+. The molecule has 3 aromatic rings. The van der Waals surface area contributed by atoms with Crippen LogP contribution in [0.2, 0.25) is 0 Å². The number of hydrogen-bond donors (Lipinski definition) is 1. The van der Waals surface area contributed by atoms with E-state index in [1.54, 1.807) is 11.2 Å². The van der Waals surface area contributed by atoms with Gasteiger partial charge in [-0.15, -0.1) is 0 Å². The summed E-state index contributed by atoms with van der Waals surface area (Å²) in [6.45, 7) is 2.05. The quantitative estimate of drug-likeness (QED) is 0.398. The second-order valence-electron chi connectivity index (χ2n) is 5.60. The van der Waals surface area contributed by atoms with Crippen molar-refractivity contribution in [3.05, 3.63) is 96.1 Å². The van der Waals surface area contributed by atoms with Crippen LogP contribution in [0.15, 0.2) is 90.0 Å². The van der Waals surface area contributed by atoms with Gasteiger partial charge in [0.1, 0.15) is 0 Å². The van der Waals surface area contributed by atoms with Crippen LogP contribution in [0, 0.1) is 6.92 Å². The number of rotatable bonds is 4. The molecule has 0 saturated carbocycles. The van der Waals surface area contributed by atoms with Crippen molar-refractivity contribution in [1.29, 1.82) is 0 Å². The molecular formula is C21H19N3S. The van der Waals surface area contributed by atoms with E-state index in [0.717, 1.165) is 22.5 Å². The Bertz CT molecular complexity index is 861. The van der Waals surface area contributed by atoms with Gasteiger partial charge in [0.2, 0.25) is 0 Å². The smallest absolute Gasteiger partial charge is 0.198 e. The summed E-state index contributed by atoms with van der Waals surface area (Å²) >= 11 is 5.60. The Balaban J connectivity index is 1.88. The highest BCUT2D eigenvalue weighted by Gasteiger charge is 2.11. The number of hydrogen-bond acceptors (Lipinski definition) is 2. The fourth-order valence-electron chi connectivity index (χ4n) is 2.36. The summed E-state index contributed by atoms with van der Waals surface area (Å²) in [5.74, 6) is 0. The molecule has 0 heterocycles. The maximum atomic E-state index is 5.60. The lowest BCUT2D eigenvalue weighted by atomic mass is 10.2. The predicted molar refractivity (Wildman–Crippen MR) is 110 cm³/mol. The van der Waals surface area contributed by atoms with Crippen molar-refractivity contribution < 1.29 is 0 Å². The molecule has 0 fully saturated rings. The molecule has 0 bridgehead atoms. The molecule has 1 N–H and O–H groups in total. The van der Waals surface area contributed by atoms with Gasteiger partial charge in [-0.3, -0.25) is 0 Å². The van der Waals surface area contributed by atoms with Crippen LogP contribution in [-0.4, -0.2) is 11.3 Å². The summed E-state index contributed by atoms with van der Waals surface area (Å²) in [6, 6.07) is 27.9. The van der Waals surface area contributed by atoms with Crippen molar-refractivity contribution in [2.24, 2.45) is 5.10 Å². The Morgan fingerprint density at radius 2 is 1.60 bits per heavy atom. The second kappa shape index (κ2) is 8.22. The number of thiocarbonyl (C=S) groups is 1. The molecule has 0 unspecified atom stereocenters. The average Bonchev–Trinajstić information content (AvgIpc) is 2.64. The lowest BCUT2D eigenvalue weighted by Gasteiger charge is -2.21. The third-order valence-electron chi connectivity index (χ3n) is 3.59. The molecule has 0 aromatic heterocycles. The minimum absolute atomic E-state index is 0.518. The first-order valence-corrected chi connectivity index (χ1v) is 8.45. The molecule has 25 heavy (non-hydrogen) atoms. The first kappa shape index (κ1) is 16.9. The molecule has 0 aliphatic heterocycles. The van der Waals surface area contributed by atoms with E-state index in [2.05, 4.69) is 29.5 Å². The molecule has 3 aromatic carbocycles. The Labute approximate surface area is 153 Å². The number of para-hydroxylation sites is 1. The molecule has 0 radical (unpaired) electrons. The molecule has 0 aliphatic carbocycles. The molecule has 0 amide bonds. The molecule has 0 saturated heterocycles. The van der Waals surface area contributed by atoms with E-state index in [-0.39, 0.29) is 0 Å². The summed E-state index contributed by atoms with van der Waals surface area (Å²) in [6.07, 6.45) is 1.81.